The monoisotopic (exact) mass is 221 g/mol. The van der Waals surface area contributed by atoms with Gasteiger partial charge in [0.05, 0.1) is 5.71 Å². The molecule has 0 amide bonds. The number of nitrogens with one attached hydrogen (secondary N) is 1. The van der Waals surface area contributed by atoms with Gasteiger partial charge in [0, 0.05) is 6.54 Å². The van der Waals surface area contributed by atoms with E-state index in [9.17, 15) is 8.42 Å². The first-order valence-electron chi connectivity index (χ1n) is 3.93. The molecular weight excluding hydrogens is 206 g/mol. The van der Waals surface area contributed by atoms with Crippen molar-refractivity contribution in [1.29, 1.82) is 0 Å². The lowest BCUT2D eigenvalue weighted by atomic mass is 10.2. The Bertz CT molecular complexity index is 321. The molecule has 0 bridgehead atoms. The van der Waals surface area contributed by atoms with Gasteiger partial charge in [-0.15, -0.1) is 0 Å². The summed E-state index contributed by atoms with van der Waals surface area (Å²) in [6.07, 6.45) is 0. The predicted molar refractivity (Wildman–Crippen MR) is 55.0 cm³/mol. The third-order valence-electron chi connectivity index (χ3n) is 1.32. The number of nitrogens with zero attached hydrogens (tertiary/aromatic N) is 1. The molecule has 7 heteroatoms. The second kappa shape index (κ2) is 5.74. The summed E-state index contributed by atoms with van der Waals surface area (Å²) in [5, 5.41) is 8.37. The van der Waals surface area contributed by atoms with Gasteiger partial charge in [-0.25, -0.2) is 5.14 Å². The van der Waals surface area contributed by atoms with E-state index in [0.29, 0.717) is 5.71 Å². The van der Waals surface area contributed by atoms with Crippen LogP contribution in [0.3, 0.4) is 0 Å². The summed E-state index contributed by atoms with van der Waals surface area (Å²) in [5.74, 6) is 0. The van der Waals surface area contributed by atoms with Crippen LogP contribution < -0.4 is 9.86 Å². The summed E-state index contributed by atoms with van der Waals surface area (Å²) in [4.78, 5) is 4.80. The van der Waals surface area contributed by atoms with Gasteiger partial charge >= 0.3 is 0 Å². The van der Waals surface area contributed by atoms with Crippen molar-refractivity contribution < 1.29 is 13.3 Å². The van der Waals surface area contributed by atoms with Crippen LogP contribution in [0, 0.1) is 0 Å². The van der Waals surface area contributed by atoms with E-state index in [1.165, 1.54) is 0 Å². The third kappa shape index (κ3) is 7.71. The first kappa shape index (κ1) is 13.1. The molecule has 0 fully saturated rings. The highest BCUT2D eigenvalue weighted by Gasteiger charge is 1.98. The Morgan fingerprint density at radius 3 is 2.57 bits per heavy atom. The molecule has 0 radical (unpaired) electrons. The minimum absolute atomic E-state index is 0.0891. The molecule has 3 N–H and O–H groups in total. The van der Waals surface area contributed by atoms with E-state index < -0.39 is 10.2 Å². The van der Waals surface area contributed by atoms with E-state index in [1.807, 2.05) is 0 Å². The number of hydrogen-bond donors (Lipinski definition) is 2. The summed E-state index contributed by atoms with van der Waals surface area (Å²) >= 11 is 0. The zero-order valence-electron chi connectivity index (χ0n) is 8.28. The molecule has 0 saturated carbocycles. The summed E-state index contributed by atoms with van der Waals surface area (Å²) < 4.78 is 22.9. The van der Waals surface area contributed by atoms with Crippen LogP contribution in [0.2, 0.25) is 0 Å². The maximum absolute atomic E-state index is 10.4. The van der Waals surface area contributed by atoms with Crippen LogP contribution in [-0.4, -0.2) is 27.3 Å². The molecule has 14 heavy (non-hydrogen) atoms. The Kier molecular flexibility index (Phi) is 5.36. The molecule has 0 unspecified atom stereocenters. The molecule has 0 rings (SSSR count). The highest BCUT2D eigenvalue weighted by atomic mass is 32.2. The van der Waals surface area contributed by atoms with Gasteiger partial charge in [-0.05, 0) is 19.4 Å². The lowest BCUT2D eigenvalue weighted by Crippen LogP contribution is -2.33. The second-order valence-electron chi connectivity index (χ2n) is 2.73. The van der Waals surface area contributed by atoms with Crippen molar-refractivity contribution in [1.82, 2.24) is 4.72 Å². The maximum atomic E-state index is 10.4. The fourth-order valence-electron chi connectivity index (χ4n) is 0.450. The number of hydrogen-bond acceptors (Lipinski definition) is 4. The highest BCUT2D eigenvalue weighted by Crippen LogP contribution is 1.92. The minimum Gasteiger partial charge on any atom is -0.394 e. The molecular formula is C7H15N3O3S. The molecule has 0 saturated heterocycles. The quantitative estimate of drug-likeness (QED) is 0.368. The van der Waals surface area contributed by atoms with Crippen LogP contribution in [0.15, 0.2) is 17.3 Å². The van der Waals surface area contributed by atoms with E-state index in [2.05, 4.69) is 21.6 Å². The standard InChI is InChI=1S/C7H15N3O3S/c1-6(2)7(3)10-13-5-4-9-14(8,11)12/h9H,1,4-5H2,2-3H3,(H2,8,11,12)/b10-7+. The zero-order chi connectivity index (χ0) is 11.2. The predicted octanol–water partition coefficient (Wildman–Crippen LogP) is -0.252. The number of rotatable bonds is 6. The lowest BCUT2D eigenvalue weighted by molar-refractivity contribution is 0.150. The molecule has 0 aliphatic heterocycles. The van der Waals surface area contributed by atoms with Gasteiger partial charge in [0.25, 0.3) is 10.2 Å². The molecule has 0 atom stereocenters. The topological polar surface area (TPSA) is 93.8 Å². The fraction of sp³-hybridized carbons (Fsp3) is 0.571. The van der Waals surface area contributed by atoms with Crippen molar-refractivity contribution in [3.63, 3.8) is 0 Å². The molecule has 0 aliphatic carbocycles. The average Bonchev–Trinajstić information content (AvgIpc) is 2.01. The first-order chi connectivity index (χ1) is 6.33. The van der Waals surface area contributed by atoms with Crippen LogP contribution >= 0.6 is 0 Å². The largest absolute Gasteiger partial charge is 0.394 e. The summed E-state index contributed by atoms with van der Waals surface area (Å²) in [5.41, 5.74) is 1.46. The van der Waals surface area contributed by atoms with Gasteiger partial charge in [0.15, 0.2) is 0 Å². The first-order valence-corrected chi connectivity index (χ1v) is 5.47. The van der Waals surface area contributed by atoms with Gasteiger partial charge < -0.3 is 4.84 Å². The van der Waals surface area contributed by atoms with Gasteiger partial charge in [-0.2, -0.15) is 13.1 Å². The van der Waals surface area contributed by atoms with Crippen molar-refractivity contribution in [3.8, 4) is 0 Å². The van der Waals surface area contributed by atoms with Crippen molar-refractivity contribution in [2.45, 2.75) is 13.8 Å². The van der Waals surface area contributed by atoms with Crippen LogP contribution in [0.5, 0.6) is 0 Å². The van der Waals surface area contributed by atoms with Crippen LogP contribution in [0.25, 0.3) is 0 Å². The summed E-state index contributed by atoms with van der Waals surface area (Å²) in [6, 6.07) is 0. The number of allylic oxidation sites excluding steroid dienone is 1. The lowest BCUT2D eigenvalue weighted by Gasteiger charge is -2.02. The van der Waals surface area contributed by atoms with Crippen LogP contribution in [-0.2, 0) is 15.0 Å². The van der Waals surface area contributed by atoms with E-state index in [0.717, 1.165) is 5.57 Å². The van der Waals surface area contributed by atoms with Gasteiger partial charge in [0.2, 0.25) is 0 Å². The normalized spacial score (nSPS) is 12.6. The Balaban J connectivity index is 3.67. The average molecular weight is 221 g/mol. The van der Waals surface area contributed by atoms with Gasteiger partial charge in [0.1, 0.15) is 6.61 Å². The fourth-order valence-corrected chi connectivity index (χ4v) is 0.818. The van der Waals surface area contributed by atoms with Crippen molar-refractivity contribution in [2.75, 3.05) is 13.2 Å². The molecule has 0 aliphatic rings. The molecule has 0 aromatic rings. The Labute approximate surface area is 84.0 Å². The SMILES string of the molecule is C=C(C)/C(C)=N/OCCNS(N)(=O)=O. The summed E-state index contributed by atoms with van der Waals surface area (Å²) in [7, 11) is -3.64. The van der Waals surface area contributed by atoms with Crippen molar-refractivity contribution in [2.24, 2.45) is 10.3 Å². The van der Waals surface area contributed by atoms with Crippen LogP contribution in [0.1, 0.15) is 13.8 Å². The van der Waals surface area contributed by atoms with Gasteiger partial charge in [-0.3, -0.25) is 0 Å². The molecule has 82 valence electrons. The molecule has 6 nitrogen and oxygen atoms in total. The number of oxime groups is 1. The second-order valence-corrected chi connectivity index (χ2v) is 4.11. The van der Waals surface area contributed by atoms with Crippen molar-refractivity contribution >= 4 is 15.9 Å². The Hall–Kier alpha value is -0.920. The van der Waals surface area contributed by atoms with E-state index in [-0.39, 0.29) is 13.2 Å². The molecule has 0 aromatic heterocycles. The van der Waals surface area contributed by atoms with E-state index in [1.54, 1.807) is 13.8 Å². The highest BCUT2D eigenvalue weighted by molar-refractivity contribution is 7.87. The Morgan fingerprint density at radius 2 is 2.14 bits per heavy atom. The van der Waals surface area contributed by atoms with Gasteiger partial charge in [-0.1, -0.05) is 11.7 Å². The third-order valence-corrected chi connectivity index (χ3v) is 1.92. The van der Waals surface area contributed by atoms with Crippen molar-refractivity contribution in [3.05, 3.63) is 12.2 Å². The van der Waals surface area contributed by atoms with Crippen LogP contribution in [0.4, 0.5) is 0 Å². The smallest absolute Gasteiger partial charge is 0.274 e. The number of nitrogens with two attached hydrogens (primary N) is 1. The van der Waals surface area contributed by atoms with E-state index >= 15 is 0 Å². The maximum Gasteiger partial charge on any atom is 0.274 e. The van der Waals surface area contributed by atoms with E-state index in [4.69, 9.17) is 4.84 Å². The summed E-state index contributed by atoms with van der Waals surface area (Å²) in [6.45, 7) is 7.41. The molecule has 0 spiro atoms. The molecule has 0 heterocycles. The minimum atomic E-state index is -3.64. The Morgan fingerprint density at radius 1 is 1.57 bits per heavy atom. The zero-order valence-corrected chi connectivity index (χ0v) is 9.10. The molecule has 0 aromatic carbocycles.